The largest absolute Gasteiger partial charge is 0.480 e. The molecule has 1 N–H and O–H groups in total. The number of rotatable bonds is 3. The van der Waals surface area contributed by atoms with Crippen molar-refractivity contribution < 1.29 is 14.6 Å². The van der Waals surface area contributed by atoms with Crippen molar-refractivity contribution in [2.24, 2.45) is 0 Å². The quantitative estimate of drug-likeness (QED) is 0.917. The SMILES string of the molecule is O=C(O)C1Cc2ccccc2CN1CC1CCCCO1. The van der Waals surface area contributed by atoms with Gasteiger partial charge in [0.15, 0.2) is 0 Å². The Hall–Kier alpha value is -1.39. The molecule has 1 aromatic carbocycles. The summed E-state index contributed by atoms with van der Waals surface area (Å²) in [6.45, 7) is 2.26. The lowest BCUT2D eigenvalue weighted by Crippen LogP contribution is -2.49. The highest BCUT2D eigenvalue weighted by atomic mass is 16.5. The summed E-state index contributed by atoms with van der Waals surface area (Å²) in [5, 5.41) is 9.48. The maximum atomic E-state index is 11.5. The minimum atomic E-state index is -0.727. The molecule has 0 radical (unpaired) electrons. The maximum Gasteiger partial charge on any atom is 0.321 e. The summed E-state index contributed by atoms with van der Waals surface area (Å²) in [6.07, 6.45) is 4.15. The number of hydrogen-bond donors (Lipinski definition) is 1. The minimum Gasteiger partial charge on any atom is -0.480 e. The standard InChI is InChI=1S/C16H21NO3/c18-16(19)15-9-12-5-1-2-6-13(12)10-17(15)11-14-7-3-4-8-20-14/h1-2,5-6,14-15H,3-4,7-11H2,(H,18,19). The van der Waals surface area contributed by atoms with Gasteiger partial charge in [-0.25, -0.2) is 0 Å². The van der Waals surface area contributed by atoms with Crippen LogP contribution in [0.25, 0.3) is 0 Å². The Kier molecular flexibility index (Phi) is 4.03. The van der Waals surface area contributed by atoms with Gasteiger partial charge in [0, 0.05) is 19.7 Å². The Morgan fingerprint density at radius 3 is 2.80 bits per heavy atom. The van der Waals surface area contributed by atoms with Crippen LogP contribution in [0.4, 0.5) is 0 Å². The van der Waals surface area contributed by atoms with E-state index in [1.807, 2.05) is 18.2 Å². The van der Waals surface area contributed by atoms with E-state index in [0.717, 1.165) is 26.0 Å². The average Bonchev–Trinajstić information content (AvgIpc) is 2.47. The number of carboxylic acids is 1. The number of fused-ring (bicyclic) bond motifs is 1. The molecule has 2 aliphatic rings. The molecule has 4 nitrogen and oxygen atoms in total. The highest BCUT2D eigenvalue weighted by Crippen LogP contribution is 2.25. The summed E-state index contributed by atoms with van der Waals surface area (Å²) >= 11 is 0. The van der Waals surface area contributed by atoms with Crippen molar-refractivity contribution in [2.45, 2.75) is 44.4 Å². The van der Waals surface area contributed by atoms with Crippen LogP contribution in [-0.4, -0.2) is 41.3 Å². The molecule has 0 bridgehead atoms. The first-order valence-corrected chi connectivity index (χ1v) is 7.39. The molecule has 108 valence electrons. The third-order valence-corrected chi connectivity index (χ3v) is 4.34. The van der Waals surface area contributed by atoms with Crippen LogP contribution in [0.2, 0.25) is 0 Å². The van der Waals surface area contributed by atoms with Gasteiger partial charge in [0.05, 0.1) is 6.10 Å². The second kappa shape index (κ2) is 5.94. The van der Waals surface area contributed by atoms with Crippen LogP contribution in [0.1, 0.15) is 30.4 Å². The van der Waals surface area contributed by atoms with Gasteiger partial charge in [-0.05, 0) is 36.8 Å². The Morgan fingerprint density at radius 2 is 2.10 bits per heavy atom. The Balaban J connectivity index is 1.75. The van der Waals surface area contributed by atoms with Crippen molar-refractivity contribution in [3.63, 3.8) is 0 Å². The van der Waals surface area contributed by atoms with Gasteiger partial charge in [-0.2, -0.15) is 0 Å². The van der Waals surface area contributed by atoms with Crippen LogP contribution in [-0.2, 0) is 22.5 Å². The molecule has 2 atom stereocenters. The van der Waals surface area contributed by atoms with E-state index in [1.165, 1.54) is 17.5 Å². The first-order valence-electron chi connectivity index (χ1n) is 7.39. The normalized spacial score (nSPS) is 27.0. The van der Waals surface area contributed by atoms with E-state index in [2.05, 4.69) is 11.0 Å². The fraction of sp³-hybridized carbons (Fsp3) is 0.562. The van der Waals surface area contributed by atoms with Gasteiger partial charge < -0.3 is 9.84 Å². The highest BCUT2D eigenvalue weighted by molar-refractivity contribution is 5.74. The summed E-state index contributed by atoms with van der Waals surface area (Å²) in [5.41, 5.74) is 2.42. The molecule has 20 heavy (non-hydrogen) atoms. The molecule has 1 saturated heterocycles. The number of ether oxygens (including phenoxy) is 1. The van der Waals surface area contributed by atoms with Crippen molar-refractivity contribution in [3.8, 4) is 0 Å². The molecular formula is C16H21NO3. The zero-order chi connectivity index (χ0) is 13.9. The third-order valence-electron chi connectivity index (χ3n) is 4.34. The lowest BCUT2D eigenvalue weighted by Gasteiger charge is -2.37. The predicted molar refractivity (Wildman–Crippen MR) is 75.6 cm³/mol. The smallest absolute Gasteiger partial charge is 0.321 e. The molecule has 0 spiro atoms. The van der Waals surface area contributed by atoms with Crippen LogP contribution >= 0.6 is 0 Å². The molecule has 0 amide bonds. The van der Waals surface area contributed by atoms with Crippen LogP contribution in [0.3, 0.4) is 0 Å². The van der Waals surface area contributed by atoms with E-state index in [1.54, 1.807) is 0 Å². The van der Waals surface area contributed by atoms with Crippen LogP contribution < -0.4 is 0 Å². The van der Waals surface area contributed by atoms with E-state index in [0.29, 0.717) is 13.0 Å². The number of hydrogen-bond acceptors (Lipinski definition) is 3. The zero-order valence-corrected chi connectivity index (χ0v) is 11.6. The Bertz CT molecular complexity index is 482. The molecule has 0 aromatic heterocycles. The second-order valence-electron chi connectivity index (χ2n) is 5.74. The van der Waals surface area contributed by atoms with Gasteiger partial charge in [-0.1, -0.05) is 24.3 Å². The molecule has 0 saturated carbocycles. The summed E-state index contributed by atoms with van der Waals surface area (Å²) in [4.78, 5) is 13.6. The van der Waals surface area contributed by atoms with Gasteiger partial charge in [0.2, 0.25) is 0 Å². The fourth-order valence-corrected chi connectivity index (χ4v) is 3.23. The number of aliphatic carboxylic acids is 1. The van der Waals surface area contributed by atoms with E-state index in [-0.39, 0.29) is 6.10 Å². The van der Waals surface area contributed by atoms with Gasteiger partial charge in [0.25, 0.3) is 0 Å². The van der Waals surface area contributed by atoms with Crippen molar-refractivity contribution in [1.82, 2.24) is 4.90 Å². The molecule has 0 aliphatic carbocycles. The van der Waals surface area contributed by atoms with Crippen molar-refractivity contribution >= 4 is 5.97 Å². The van der Waals surface area contributed by atoms with Gasteiger partial charge in [-0.15, -0.1) is 0 Å². The van der Waals surface area contributed by atoms with E-state index in [9.17, 15) is 9.90 Å². The molecular weight excluding hydrogens is 254 g/mol. The zero-order valence-electron chi connectivity index (χ0n) is 11.6. The van der Waals surface area contributed by atoms with Crippen molar-refractivity contribution in [3.05, 3.63) is 35.4 Å². The summed E-state index contributed by atoms with van der Waals surface area (Å²) in [5.74, 6) is -0.727. The first kappa shape index (κ1) is 13.6. The minimum absolute atomic E-state index is 0.191. The molecule has 4 heteroatoms. The summed E-state index contributed by atoms with van der Waals surface area (Å²) < 4.78 is 5.76. The molecule has 3 rings (SSSR count). The third kappa shape index (κ3) is 2.86. The van der Waals surface area contributed by atoms with Crippen LogP contribution in [0.15, 0.2) is 24.3 Å². The first-order chi connectivity index (χ1) is 9.74. The number of benzene rings is 1. The van der Waals surface area contributed by atoms with Gasteiger partial charge >= 0.3 is 5.97 Å². The van der Waals surface area contributed by atoms with E-state index >= 15 is 0 Å². The second-order valence-corrected chi connectivity index (χ2v) is 5.74. The van der Waals surface area contributed by atoms with Crippen LogP contribution in [0, 0.1) is 0 Å². The summed E-state index contributed by atoms with van der Waals surface area (Å²) in [7, 11) is 0. The number of nitrogens with zero attached hydrogens (tertiary/aromatic N) is 1. The van der Waals surface area contributed by atoms with Crippen molar-refractivity contribution in [1.29, 1.82) is 0 Å². The molecule has 2 unspecified atom stereocenters. The monoisotopic (exact) mass is 275 g/mol. The fourth-order valence-electron chi connectivity index (χ4n) is 3.23. The van der Waals surface area contributed by atoms with Gasteiger partial charge in [-0.3, -0.25) is 9.69 Å². The van der Waals surface area contributed by atoms with Crippen LogP contribution in [0.5, 0.6) is 0 Å². The molecule has 2 aliphatic heterocycles. The lowest BCUT2D eigenvalue weighted by molar-refractivity contribution is -0.145. The van der Waals surface area contributed by atoms with Gasteiger partial charge in [0.1, 0.15) is 6.04 Å². The molecule has 2 heterocycles. The lowest BCUT2D eigenvalue weighted by atomic mass is 9.93. The Morgan fingerprint density at radius 1 is 1.30 bits per heavy atom. The predicted octanol–water partition coefficient (Wildman–Crippen LogP) is 2.07. The topological polar surface area (TPSA) is 49.8 Å². The Labute approximate surface area is 119 Å². The van der Waals surface area contributed by atoms with E-state index in [4.69, 9.17) is 4.74 Å². The summed E-state index contributed by atoms with van der Waals surface area (Å²) in [6, 6.07) is 7.73. The van der Waals surface area contributed by atoms with Crippen molar-refractivity contribution in [2.75, 3.05) is 13.2 Å². The maximum absolute atomic E-state index is 11.5. The number of carbonyl (C=O) groups is 1. The highest BCUT2D eigenvalue weighted by Gasteiger charge is 2.33. The molecule has 1 fully saturated rings. The average molecular weight is 275 g/mol. The number of carboxylic acid groups (broad SMARTS) is 1. The molecule has 1 aromatic rings. The van der Waals surface area contributed by atoms with E-state index < -0.39 is 12.0 Å².